The molecule has 0 aliphatic rings. The first-order valence-corrected chi connectivity index (χ1v) is 12.6. The van der Waals surface area contributed by atoms with Gasteiger partial charge in [-0.05, 0) is 30.2 Å². The van der Waals surface area contributed by atoms with Gasteiger partial charge in [0.25, 0.3) is 0 Å². The molecule has 0 spiro atoms. The molecule has 3 nitrogen and oxygen atoms in total. The van der Waals surface area contributed by atoms with Gasteiger partial charge in [0.15, 0.2) is 5.78 Å². The van der Waals surface area contributed by atoms with E-state index in [1.807, 2.05) is 18.2 Å². The molecular formula is C27H41ClO3. The molecule has 0 heterocycles. The third kappa shape index (κ3) is 15.8. The number of rotatable bonds is 19. The van der Waals surface area contributed by atoms with Gasteiger partial charge in [0, 0.05) is 5.02 Å². The number of carbonyl (C=O) groups is 2. The Hall–Kier alpha value is -1.61. The molecule has 31 heavy (non-hydrogen) atoms. The molecule has 0 saturated carbocycles. The first-order chi connectivity index (χ1) is 15.1. The fourth-order valence-electron chi connectivity index (χ4n) is 3.53. The summed E-state index contributed by atoms with van der Waals surface area (Å²) in [6, 6.07) is 7.26. The van der Waals surface area contributed by atoms with Crippen LogP contribution in [-0.4, -0.2) is 18.4 Å². The zero-order chi connectivity index (χ0) is 22.6. The predicted octanol–water partition coefficient (Wildman–Crippen LogP) is 8.34. The first-order valence-electron chi connectivity index (χ1n) is 12.2. The van der Waals surface area contributed by atoms with Crippen molar-refractivity contribution in [1.29, 1.82) is 0 Å². The molecule has 0 fully saturated rings. The van der Waals surface area contributed by atoms with Gasteiger partial charge >= 0.3 is 5.97 Å². The van der Waals surface area contributed by atoms with Crippen LogP contribution in [0.5, 0.6) is 0 Å². The largest absolute Gasteiger partial charge is 0.465 e. The number of allylic oxidation sites excluding steroid dienone is 1. The van der Waals surface area contributed by atoms with E-state index in [2.05, 4.69) is 6.92 Å². The summed E-state index contributed by atoms with van der Waals surface area (Å²) in [4.78, 5) is 23.6. The van der Waals surface area contributed by atoms with Gasteiger partial charge in [-0.25, -0.2) is 0 Å². The van der Waals surface area contributed by atoms with E-state index in [0.717, 1.165) is 18.4 Å². The van der Waals surface area contributed by atoms with Gasteiger partial charge in [0.1, 0.15) is 6.42 Å². The van der Waals surface area contributed by atoms with Crippen LogP contribution in [0.2, 0.25) is 5.02 Å². The highest BCUT2D eigenvalue weighted by Crippen LogP contribution is 2.16. The smallest absolute Gasteiger partial charge is 0.313 e. The molecule has 0 N–H and O–H groups in total. The Morgan fingerprint density at radius 3 is 1.87 bits per heavy atom. The van der Waals surface area contributed by atoms with Crippen LogP contribution in [0.25, 0.3) is 6.08 Å². The van der Waals surface area contributed by atoms with E-state index in [1.54, 1.807) is 12.1 Å². The van der Waals surface area contributed by atoms with Crippen molar-refractivity contribution in [3.63, 3.8) is 0 Å². The topological polar surface area (TPSA) is 43.4 Å². The Morgan fingerprint density at radius 1 is 0.806 bits per heavy atom. The summed E-state index contributed by atoms with van der Waals surface area (Å²) >= 11 is 6.04. The molecule has 1 rings (SSSR count). The molecular weight excluding hydrogens is 408 g/mol. The van der Waals surface area contributed by atoms with Gasteiger partial charge in [-0.1, -0.05) is 120 Å². The van der Waals surface area contributed by atoms with Crippen molar-refractivity contribution in [1.82, 2.24) is 0 Å². The normalized spacial score (nSPS) is 11.2. The minimum absolute atomic E-state index is 0.223. The molecule has 0 atom stereocenters. The minimum Gasteiger partial charge on any atom is -0.465 e. The number of esters is 1. The second kappa shape index (κ2) is 19.1. The Balaban J connectivity index is 1.91. The number of halogens is 1. The maximum Gasteiger partial charge on any atom is 0.313 e. The van der Waals surface area contributed by atoms with Gasteiger partial charge in [-0.15, -0.1) is 0 Å². The lowest BCUT2D eigenvalue weighted by molar-refractivity contribution is -0.145. The second-order valence-corrected chi connectivity index (χ2v) is 8.72. The lowest BCUT2D eigenvalue weighted by atomic mass is 10.0. The van der Waals surface area contributed by atoms with E-state index in [4.69, 9.17) is 16.3 Å². The summed E-state index contributed by atoms with van der Waals surface area (Å²) < 4.78 is 5.18. The van der Waals surface area contributed by atoms with Crippen LogP contribution in [-0.2, 0) is 14.3 Å². The molecule has 0 amide bonds. The van der Waals surface area contributed by atoms with Crippen LogP contribution < -0.4 is 0 Å². The van der Waals surface area contributed by atoms with Crippen molar-refractivity contribution >= 4 is 29.4 Å². The molecule has 0 aliphatic heterocycles. The lowest BCUT2D eigenvalue weighted by Crippen LogP contribution is -2.10. The summed E-state index contributed by atoms with van der Waals surface area (Å²) in [5.41, 5.74) is 0.758. The van der Waals surface area contributed by atoms with E-state index < -0.39 is 5.97 Å². The van der Waals surface area contributed by atoms with Crippen molar-refractivity contribution < 1.29 is 14.3 Å². The van der Waals surface area contributed by atoms with Crippen LogP contribution in [0, 0.1) is 0 Å². The van der Waals surface area contributed by atoms with Gasteiger partial charge in [-0.3, -0.25) is 9.59 Å². The Labute approximate surface area is 194 Å². The Morgan fingerprint density at radius 2 is 1.32 bits per heavy atom. The van der Waals surface area contributed by atoms with Gasteiger partial charge < -0.3 is 4.74 Å². The third-order valence-electron chi connectivity index (χ3n) is 5.43. The quantitative estimate of drug-likeness (QED) is 0.0923. The third-order valence-corrected chi connectivity index (χ3v) is 5.78. The van der Waals surface area contributed by atoms with Crippen molar-refractivity contribution in [3.05, 3.63) is 40.9 Å². The van der Waals surface area contributed by atoms with E-state index in [0.29, 0.717) is 11.6 Å². The average Bonchev–Trinajstić information content (AvgIpc) is 2.76. The van der Waals surface area contributed by atoms with Gasteiger partial charge in [0.05, 0.1) is 6.61 Å². The van der Waals surface area contributed by atoms with Gasteiger partial charge in [0.2, 0.25) is 0 Å². The van der Waals surface area contributed by atoms with E-state index in [-0.39, 0.29) is 12.2 Å². The van der Waals surface area contributed by atoms with Crippen molar-refractivity contribution in [3.8, 4) is 0 Å². The molecule has 0 aliphatic carbocycles. The highest BCUT2D eigenvalue weighted by Gasteiger charge is 2.08. The van der Waals surface area contributed by atoms with Crippen LogP contribution in [0.3, 0.4) is 0 Å². The van der Waals surface area contributed by atoms with E-state index in [9.17, 15) is 9.59 Å². The number of hydrogen-bond donors (Lipinski definition) is 0. The standard InChI is InChI=1S/C27H41ClO3/c1-2-3-4-5-6-7-8-9-10-11-12-13-14-17-22-31-27(30)23-25(29)21-20-24-18-15-16-19-26(24)28/h15-16,18-21H,2-14,17,22-23H2,1H3. The highest BCUT2D eigenvalue weighted by atomic mass is 35.5. The molecule has 0 aromatic heterocycles. The van der Waals surface area contributed by atoms with Crippen molar-refractivity contribution in [2.45, 2.75) is 103 Å². The fourth-order valence-corrected chi connectivity index (χ4v) is 3.73. The maximum absolute atomic E-state index is 11.9. The number of hydrogen-bond acceptors (Lipinski definition) is 3. The minimum atomic E-state index is -0.455. The SMILES string of the molecule is CCCCCCCCCCCCCCCCOC(=O)CC(=O)C=Cc1ccccc1Cl. The highest BCUT2D eigenvalue weighted by molar-refractivity contribution is 6.32. The number of carbonyl (C=O) groups excluding carboxylic acids is 2. The van der Waals surface area contributed by atoms with Crippen molar-refractivity contribution in [2.24, 2.45) is 0 Å². The first kappa shape index (κ1) is 27.4. The molecule has 4 heteroatoms. The number of ketones is 1. The second-order valence-electron chi connectivity index (χ2n) is 8.31. The molecule has 0 unspecified atom stereocenters. The lowest BCUT2D eigenvalue weighted by Gasteiger charge is -2.04. The maximum atomic E-state index is 11.9. The van der Waals surface area contributed by atoms with Crippen LogP contribution in [0.4, 0.5) is 0 Å². The summed E-state index contributed by atoms with van der Waals surface area (Å²) in [5, 5.41) is 0.576. The molecule has 0 saturated heterocycles. The number of ether oxygens (including phenoxy) is 1. The number of benzene rings is 1. The number of unbranched alkanes of at least 4 members (excludes halogenated alkanes) is 13. The van der Waals surface area contributed by atoms with E-state index >= 15 is 0 Å². The summed E-state index contributed by atoms with van der Waals surface area (Å²) in [6.45, 7) is 2.66. The molecule has 1 aromatic rings. The Kier molecular flexibility index (Phi) is 16.9. The predicted molar refractivity (Wildman–Crippen MR) is 131 cm³/mol. The van der Waals surface area contributed by atoms with Gasteiger partial charge in [-0.2, -0.15) is 0 Å². The summed E-state index contributed by atoms with van der Waals surface area (Å²) in [7, 11) is 0. The Bertz CT molecular complexity index is 639. The monoisotopic (exact) mass is 448 g/mol. The zero-order valence-electron chi connectivity index (χ0n) is 19.4. The fraction of sp³-hybridized carbons (Fsp3) is 0.630. The summed E-state index contributed by atoms with van der Waals surface area (Å²) in [5.74, 6) is -0.727. The molecule has 0 radical (unpaired) electrons. The molecule has 174 valence electrons. The van der Waals surface area contributed by atoms with Crippen LogP contribution in [0.1, 0.15) is 109 Å². The average molecular weight is 449 g/mol. The zero-order valence-corrected chi connectivity index (χ0v) is 20.1. The van der Waals surface area contributed by atoms with Crippen LogP contribution >= 0.6 is 11.6 Å². The van der Waals surface area contributed by atoms with Crippen LogP contribution in [0.15, 0.2) is 30.3 Å². The van der Waals surface area contributed by atoms with Crippen molar-refractivity contribution in [2.75, 3.05) is 6.61 Å². The summed E-state index contributed by atoms with van der Waals surface area (Å²) in [6.07, 6.45) is 20.9. The molecule has 0 bridgehead atoms. The van der Waals surface area contributed by atoms with E-state index in [1.165, 1.54) is 83.1 Å². The molecule has 1 aromatic carbocycles.